The first kappa shape index (κ1) is 17.0. The van der Waals surface area contributed by atoms with Gasteiger partial charge in [-0.05, 0) is 25.0 Å². The van der Waals surface area contributed by atoms with Crippen LogP contribution in [-0.4, -0.2) is 31.7 Å². The summed E-state index contributed by atoms with van der Waals surface area (Å²) in [5, 5.41) is 8.99. The second-order valence-corrected chi connectivity index (χ2v) is 6.37. The zero-order valence-electron chi connectivity index (χ0n) is 14.4. The number of carboxylic acid groups (broad SMARTS) is 1. The number of carbonyl (C=O) groups is 1. The number of nitrogens with zero attached hydrogens (tertiary/aromatic N) is 3. The molecule has 0 bridgehead atoms. The van der Waals surface area contributed by atoms with Gasteiger partial charge in [0.15, 0.2) is 0 Å². The molecule has 0 aliphatic heterocycles. The lowest BCUT2D eigenvalue weighted by Crippen LogP contribution is -2.24. The number of hydrogen-bond acceptors (Lipinski definition) is 5. The number of benzene rings is 1. The largest absolute Gasteiger partial charge is 0.478 e. The van der Waals surface area contributed by atoms with Crippen LogP contribution in [0.3, 0.4) is 0 Å². The van der Waals surface area contributed by atoms with Crippen LogP contribution in [-0.2, 0) is 6.54 Å². The predicted octanol–water partition coefficient (Wildman–Crippen LogP) is 2.59. The molecule has 27 heavy (non-hydrogen) atoms. The van der Waals surface area contributed by atoms with Crippen LogP contribution in [0.4, 0.5) is 0 Å². The van der Waals surface area contributed by atoms with E-state index >= 15 is 0 Å². The minimum atomic E-state index is -1.04. The molecule has 1 N–H and O–H groups in total. The average Bonchev–Trinajstić information content (AvgIpc) is 3.49. The smallest absolute Gasteiger partial charge is 0.337 e. The van der Waals surface area contributed by atoms with E-state index in [9.17, 15) is 9.59 Å². The Balaban J connectivity index is 1.73. The normalized spacial score (nSPS) is 13.3. The van der Waals surface area contributed by atoms with Gasteiger partial charge in [-0.3, -0.25) is 14.3 Å². The van der Waals surface area contributed by atoms with Gasteiger partial charge in [-0.1, -0.05) is 30.3 Å². The third-order valence-corrected chi connectivity index (χ3v) is 4.22. The van der Waals surface area contributed by atoms with Crippen molar-refractivity contribution >= 4 is 5.97 Å². The van der Waals surface area contributed by atoms with E-state index in [1.165, 1.54) is 22.9 Å². The maximum atomic E-state index is 12.7. The number of carboxylic acids is 1. The molecule has 0 amide bonds. The zero-order chi connectivity index (χ0) is 18.8. The van der Waals surface area contributed by atoms with Gasteiger partial charge < -0.3 is 9.84 Å². The van der Waals surface area contributed by atoms with Gasteiger partial charge in [-0.15, -0.1) is 0 Å². The SMILES string of the molecule is O=C(O)c1ccc(Cn2c(-c3ccccc3)nc(OC3CC3)cc2=O)nc1. The minimum Gasteiger partial charge on any atom is -0.478 e. The van der Waals surface area contributed by atoms with E-state index in [2.05, 4.69) is 9.97 Å². The Bertz CT molecular complexity index is 1030. The minimum absolute atomic E-state index is 0.0979. The highest BCUT2D eigenvalue weighted by Gasteiger charge is 2.25. The maximum Gasteiger partial charge on any atom is 0.337 e. The predicted molar refractivity (Wildman–Crippen MR) is 97.9 cm³/mol. The second kappa shape index (κ2) is 7.03. The summed E-state index contributed by atoms with van der Waals surface area (Å²) >= 11 is 0. The van der Waals surface area contributed by atoms with Crippen LogP contribution in [0.5, 0.6) is 5.88 Å². The number of pyridine rings is 1. The molecule has 1 aliphatic carbocycles. The highest BCUT2D eigenvalue weighted by molar-refractivity contribution is 5.87. The van der Waals surface area contributed by atoms with Crippen molar-refractivity contribution in [3.8, 4) is 17.3 Å². The lowest BCUT2D eigenvalue weighted by atomic mass is 10.2. The Hall–Kier alpha value is -3.48. The summed E-state index contributed by atoms with van der Waals surface area (Å²) in [5.41, 5.74) is 1.21. The van der Waals surface area contributed by atoms with Crippen molar-refractivity contribution in [2.45, 2.75) is 25.5 Å². The molecular weight excluding hydrogens is 346 g/mol. The molecule has 7 nitrogen and oxygen atoms in total. The summed E-state index contributed by atoms with van der Waals surface area (Å²) < 4.78 is 7.22. The first-order chi connectivity index (χ1) is 13.1. The fourth-order valence-corrected chi connectivity index (χ4v) is 2.67. The zero-order valence-corrected chi connectivity index (χ0v) is 14.4. The molecule has 1 aromatic carbocycles. The molecule has 3 aromatic rings. The van der Waals surface area contributed by atoms with Crippen molar-refractivity contribution in [1.29, 1.82) is 0 Å². The van der Waals surface area contributed by atoms with Gasteiger partial charge in [0.2, 0.25) is 5.88 Å². The van der Waals surface area contributed by atoms with Crippen molar-refractivity contribution in [3.05, 3.63) is 76.3 Å². The molecule has 0 saturated heterocycles. The van der Waals surface area contributed by atoms with Gasteiger partial charge in [0.25, 0.3) is 5.56 Å². The Morgan fingerprint density at radius 3 is 2.59 bits per heavy atom. The van der Waals surface area contributed by atoms with Crippen LogP contribution in [0, 0.1) is 0 Å². The quantitative estimate of drug-likeness (QED) is 0.723. The van der Waals surface area contributed by atoms with E-state index in [4.69, 9.17) is 9.84 Å². The second-order valence-electron chi connectivity index (χ2n) is 6.37. The van der Waals surface area contributed by atoms with Gasteiger partial charge in [-0.25, -0.2) is 4.79 Å². The van der Waals surface area contributed by atoms with Gasteiger partial charge in [-0.2, -0.15) is 4.98 Å². The molecule has 4 rings (SSSR count). The third-order valence-electron chi connectivity index (χ3n) is 4.22. The van der Waals surface area contributed by atoms with Crippen LogP contribution in [0.1, 0.15) is 28.9 Å². The van der Waals surface area contributed by atoms with E-state index < -0.39 is 5.97 Å². The first-order valence-electron chi connectivity index (χ1n) is 8.62. The van der Waals surface area contributed by atoms with Crippen LogP contribution in [0.25, 0.3) is 11.4 Å². The average molecular weight is 363 g/mol. The molecule has 0 spiro atoms. The Labute approximate surface area is 154 Å². The highest BCUT2D eigenvalue weighted by Crippen LogP contribution is 2.26. The third kappa shape index (κ3) is 3.87. The summed E-state index contributed by atoms with van der Waals surface area (Å²) in [4.78, 5) is 32.4. The van der Waals surface area contributed by atoms with Crippen molar-refractivity contribution in [2.24, 2.45) is 0 Å². The summed E-state index contributed by atoms with van der Waals surface area (Å²) in [6, 6.07) is 13.8. The van der Waals surface area contributed by atoms with Crippen LogP contribution < -0.4 is 10.3 Å². The standard InChI is InChI=1S/C20H17N3O4/c24-18-10-17(27-16-8-9-16)22-19(13-4-2-1-3-5-13)23(18)12-15-7-6-14(11-21-15)20(25)26/h1-7,10-11,16H,8-9,12H2,(H,25,26). The van der Waals surface area contributed by atoms with Gasteiger partial charge in [0.1, 0.15) is 11.9 Å². The fourth-order valence-electron chi connectivity index (χ4n) is 2.67. The van der Waals surface area contributed by atoms with E-state index in [1.54, 1.807) is 6.07 Å². The number of aromatic carboxylic acids is 1. The Morgan fingerprint density at radius 2 is 1.96 bits per heavy atom. The maximum absolute atomic E-state index is 12.7. The molecule has 0 radical (unpaired) electrons. The lowest BCUT2D eigenvalue weighted by molar-refractivity contribution is 0.0696. The van der Waals surface area contributed by atoms with Crippen LogP contribution in [0.15, 0.2) is 59.5 Å². The van der Waals surface area contributed by atoms with Gasteiger partial charge in [0.05, 0.1) is 23.9 Å². The van der Waals surface area contributed by atoms with Crippen molar-refractivity contribution in [2.75, 3.05) is 0 Å². The number of hydrogen-bond donors (Lipinski definition) is 1. The summed E-state index contributed by atoms with van der Waals surface area (Å²) in [5.74, 6) is -0.228. The van der Waals surface area contributed by atoms with Crippen LogP contribution >= 0.6 is 0 Å². The topological polar surface area (TPSA) is 94.3 Å². The van der Waals surface area contributed by atoms with Gasteiger partial charge >= 0.3 is 5.97 Å². The molecule has 1 fully saturated rings. The first-order valence-corrected chi connectivity index (χ1v) is 8.62. The molecule has 7 heteroatoms. The van der Waals surface area contributed by atoms with Gasteiger partial charge in [0, 0.05) is 11.8 Å². The van der Waals surface area contributed by atoms with E-state index in [0.717, 1.165) is 18.4 Å². The summed E-state index contributed by atoms with van der Waals surface area (Å²) in [7, 11) is 0. The molecule has 136 valence electrons. The molecule has 0 atom stereocenters. The molecule has 1 aliphatic rings. The summed E-state index contributed by atoms with van der Waals surface area (Å²) in [6.45, 7) is 0.180. The molecular formula is C20H17N3O4. The molecule has 2 heterocycles. The fraction of sp³-hybridized carbons (Fsp3) is 0.200. The van der Waals surface area contributed by atoms with E-state index in [1.807, 2.05) is 30.3 Å². The number of aromatic nitrogens is 3. The summed E-state index contributed by atoms with van der Waals surface area (Å²) in [6.07, 6.45) is 3.38. The molecule has 2 aromatic heterocycles. The monoisotopic (exact) mass is 363 g/mol. The Morgan fingerprint density at radius 1 is 1.19 bits per heavy atom. The van der Waals surface area contributed by atoms with E-state index in [-0.39, 0.29) is 23.8 Å². The lowest BCUT2D eigenvalue weighted by Gasteiger charge is -2.14. The van der Waals surface area contributed by atoms with Crippen molar-refractivity contribution < 1.29 is 14.6 Å². The number of rotatable bonds is 6. The highest BCUT2D eigenvalue weighted by atomic mass is 16.5. The molecule has 1 saturated carbocycles. The Kier molecular flexibility index (Phi) is 4.42. The number of ether oxygens (including phenoxy) is 1. The molecule has 0 unspecified atom stereocenters. The van der Waals surface area contributed by atoms with E-state index in [0.29, 0.717) is 17.4 Å². The van der Waals surface area contributed by atoms with Crippen LogP contribution in [0.2, 0.25) is 0 Å². The van der Waals surface area contributed by atoms with Crippen molar-refractivity contribution in [3.63, 3.8) is 0 Å². The van der Waals surface area contributed by atoms with Crippen molar-refractivity contribution in [1.82, 2.24) is 14.5 Å².